The van der Waals surface area contributed by atoms with Gasteiger partial charge in [0.2, 0.25) is 13.2 Å². The Labute approximate surface area is 251 Å². The Balaban J connectivity index is 0.000000180. The standard InChI is InChI=1S/C20H23NO2.C11H14FNO.C5H10/c1-3-21-12-17(10-18(21)15-6-4-14(2)5-7-15)16-8-9-19-20(11-16)23-13-22-19;1-3-8-5-10(12)6-9(4-2)11(8)13-7-14;1-2-5-3-4-5/h4-9,11,17-18H,3,10,12-13H2,1-2H3;5-7H,3-4H2,1-2H3,(H,13,14);5H,2-4H2,1H3/t17-,18-;;/m1../s1. The fourth-order valence-electron chi connectivity index (χ4n) is 5.85. The van der Waals surface area contributed by atoms with E-state index >= 15 is 0 Å². The van der Waals surface area contributed by atoms with Crippen LogP contribution in [0.5, 0.6) is 11.5 Å². The lowest BCUT2D eigenvalue weighted by Crippen LogP contribution is -2.23. The molecule has 5 nitrogen and oxygen atoms in total. The van der Waals surface area contributed by atoms with Gasteiger partial charge in [-0.3, -0.25) is 9.69 Å². The number of halogens is 1. The fraction of sp³-hybridized carbons (Fsp3) is 0.472. The maximum Gasteiger partial charge on any atom is 0.231 e. The lowest BCUT2D eigenvalue weighted by atomic mass is 9.93. The predicted octanol–water partition coefficient (Wildman–Crippen LogP) is 8.60. The van der Waals surface area contributed by atoms with Gasteiger partial charge in [0, 0.05) is 18.3 Å². The van der Waals surface area contributed by atoms with E-state index < -0.39 is 0 Å². The van der Waals surface area contributed by atoms with Crippen molar-refractivity contribution < 1.29 is 18.7 Å². The van der Waals surface area contributed by atoms with Crippen LogP contribution in [0.4, 0.5) is 10.1 Å². The van der Waals surface area contributed by atoms with Crippen LogP contribution in [0.3, 0.4) is 0 Å². The molecule has 1 saturated heterocycles. The van der Waals surface area contributed by atoms with Crippen molar-refractivity contribution in [3.63, 3.8) is 0 Å². The molecule has 0 spiro atoms. The summed E-state index contributed by atoms with van der Waals surface area (Å²) in [5.74, 6) is 3.21. The third kappa shape index (κ3) is 8.13. The Kier molecular flexibility index (Phi) is 11.4. The maximum atomic E-state index is 13.1. The zero-order valence-corrected chi connectivity index (χ0v) is 25.9. The second-order valence-electron chi connectivity index (χ2n) is 11.5. The minimum atomic E-state index is -0.241. The molecule has 2 heterocycles. The molecule has 226 valence electrons. The molecule has 0 aromatic heterocycles. The highest BCUT2D eigenvalue weighted by molar-refractivity contribution is 5.76. The number of aryl methyl sites for hydroxylation is 3. The number of rotatable bonds is 8. The van der Waals surface area contributed by atoms with E-state index in [0.29, 0.717) is 38.0 Å². The van der Waals surface area contributed by atoms with Gasteiger partial charge in [-0.15, -0.1) is 0 Å². The average Bonchev–Trinajstić information content (AvgIpc) is 3.57. The molecule has 3 aromatic rings. The molecule has 3 aliphatic rings. The predicted molar refractivity (Wildman–Crippen MR) is 169 cm³/mol. The van der Waals surface area contributed by atoms with Gasteiger partial charge in [-0.05, 0) is 91.1 Å². The number of carbonyl (C=O) groups is 1. The van der Waals surface area contributed by atoms with Crippen LogP contribution in [0.15, 0.2) is 54.6 Å². The fourth-order valence-corrected chi connectivity index (χ4v) is 5.85. The van der Waals surface area contributed by atoms with Crippen molar-refractivity contribution in [3.8, 4) is 11.5 Å². The van der Waals surface area contributed by atoms with Crippen LogP contribution in [0, 0.1) is 18.7 Å². The Morgan fingerprint density at radius 2 is 1.55 bits per heavy atom. The first kappa shape index (κ1) is 31.6. The Bertz CT molecular complexity index is 1280. The zero-order valence-electron chi connectivity index (χ0n) is 25.9. The minimum absolute atomic E-state index is 0.241. The summed E-state index contributed by atoms with van der Waals surface area (Å²) in [4.78, 5) is 13.0. The van der Waals surface area contributed by atoms with E-state index in [1.54, 1.807) is 0 Å². The van der Waals surface area contributed by atoms with E-state index in [2.05, 4.69) is 67.4 Å². The number of hydrogen-bond donors (Lipinski definition) is 1. The molecule has 1 saturated carbocycles. The number of nitrogens with one attached hydrogen (secondary N) is 1. The van der Waals surface area contributed by atoms with Gasteiger partial charge < -0.3 is 14.8 Å². The number of hydrogen-bond acceptors (Lipinski definition) is 4. The molecule has 2 fully saturated rings. The van der Waals surface area contributed by atoms with Gasteiger partial charge in [-0.25, -0.2) is 4.39 Å². The lowest BCUT2D eigenvalue weighted by molar-refractivity contribution is -0.105. The van der Waals surface area contributed by atoms with Crippen LogP contribution < -0.4 is 14.8 Å². The van der Waals surface area contributed by atoms with Crippen LogP contribution in [0.25, 0.3) is 0 Å². The highest BCUT2D eigenvalue weighted by atomic mass is 19.1. The normalized spacial score (nSPS) is 18.9. The summed E-state index contributed by atoms with van der Waals surface area (Å²) < 4.78 is 24.1. The summed E-state index contributed by atoms with van der Waals surface area (Å²) in [6.45, 7) is 13.1. The molecule has 0 bridgehead atoms. The molecule has 42 heavy (non-hydrogen) atoms. The molecule has 0 unspecified atom stereocenters. The number of amides is 1. The van der Waals surface area contributed by atoms with Crippen LogP contribution >= 0.6 is 0 Å². The molecule has 6 heteroatoms. The van der Waals surface area contributed by atoms with Crippen molar-refractivity contribution in [3.05, 3.63) is 88.2 Å². The lowest BCUT2D eigenvalue weighted by Gasteiger charge is -2.23. The van der Waals surface area contributed by atoms with Crippen molar-refractivity contribution >= 4 is 12.1 Å². The van der Waals surface area contributed by atoms with Crippen LogP contribution in [0.1, 0.15) is 93.2 Å². The Morgan fingerprint density at radius 1 is 0.905 bits per heavy atom. The number of likely N-dealkylation sites (N-methyl/N-ethyl adjacent to an activating group) is 1. The number of carbonyl (C=O) groups excluding carboxylic acids is 1. The molecule has 3 aromatic carbocycles. The highest BCUT2D eigenvalue weighted by Gasteiger charge is 2.33. The largest absolute Gasteiger partial charge is 0.454 e. The van der Waals surface area contributed by atoms with Crippen molar-refractivity contribution in [2.75, 3.05) is 25.2 Å². The van der Waals surface area contributed by atoms with E-state index in [0.717, 1.165) is 53.7 Å². The molecule has 1 N–H and O–H groups in total. The SMILES string of the molecule is CCC1CC1.CCN1C[C@H](c2ccc3c(c2)OCO3)C[C@@H]1c1ccc(C)cc1.CCc1cc(F)cc(CC)c1NC=O. The topological polar surface area (TPSA) is 50.8 Å². The average molecular weight is 575 g/mol. The van der Waals surface area contributed by atoms with Crippen LogP contribution in [-0.4, -0.2) is 31.2 Å². The molecule has 6 rings (SSSR count). The van der Waals surface area contributed by atoms with E-state index in [4.69, 9.17) is 9.47 Å². The Morgan fingerprint density at radius 3 is 2.10 bits per heavy atom. The summed E-state index contributed by atoms with van der Waals surface area (Å²) in [6, 6.07) is 18.9. The minimum Gasteiger partial charge on any atom is -0.454 e. The summed E-state index contributed by atoms with van der Waals surface area (Å²) in [7, 11) is 0. The van der Waals surface area contributed by atoms with Gasteiger partial charge >= 0.3 is 0 Å². The van der Waals surface area contributed by atoms with Crippen molar-refractivity contribution in [2.24, 2.45) is 5.92 Å². The molecule has 1 amide bonds. The summed E-state index contributed by atoms with van der Waals surface area (Å²) in [5, 5.41) is 2.63. The second-order valence-corrected chi connectivity index (χ2v) is 11.5. The van der Waals surface area contributed by atoms with Gasteiger partial charge in [0.25, 0.3) is 0 Å². The number of anilines is 1. The number of ether oxygens (including phenoxy) is 2. The first-order valence-corrected chi connectivity index (χ1v) is 15.6. The number of likely N-dealkylation sites (tertiary alicyclic amines) is 1. The number of fused-ring (bicyclic) bond motifs is 1. The third-order valence-electron chi connectivity index (χ3n) is 8.65. The number of nitrogens with zero attached hydrogens (tertiary/aromatic N) is 1. The maximum absolute atomic E-state index is 13.1. The van der Waals surface area contributed by atoms with Gasteiger partial charge in [0.15, 0.2) is 11.5 Å². The Hall–Kier alpha value is -3.38. The van der Waals surface area contributed by atoms with Crippen molar-refractivity contribution in [1.29, 1.82) is 0 Å². The molecule has 2 atom stereocenters. The molecule has 0 radical (unpaired) electrons. The van der Waals surface area contributed by atoms with E-state index in [9.17, 15) is 9.18 Å². The molecular weight excluding hydrogens is 527 g/mol. The molecule has 2 aliphatic heterocycles. The van der Waals surface area contributed by atoms with Crippen molar-refractivity contribution in [1.82, 2.24) is 4.90 Å². The first-order valence-electron chi connectivity index (χ1n) is 15.6. The third-order valence-corrected chi connectivity index (χ3v) is 8.65. The molecule has 1 aliphatic carbocycles. The summed E-state index contributed by atoms with van der Waals surface area (Å²) in [5.41, 5.74) is 6.56. The van der Waals surface area contributed by atoms with Crippen LogP contribution in [0.2, 0.25) is 0 Å². The van der Waals surface area contributed by atoms with Gasteiger partial charge in [-0.1, -0.05) is 82.9 Å². The monoisotopic (exact) mass is 574 g/mol. The van der Waals surface area contributed by atoms with Gasteiger partial charge in [0.1, 0.15) is 5.82 Å². The van der Waals surface area contributed by atoms with E-state index in [-0.39, 0.29) is 5.82 Å². The smallest absolute Gasteiger partial charge is 0.231 e. The zero-order chi connectivity index (χ0) is 30.1. The first-order chi connectivity index (χ1) is 20.4. The van der Waals surface area contributed by atoms with Gasteiger partial charge in [0.05, 0.1) is 0 Å². The number of benzene rings is 3. The summed E-state index contributed by atoms with van der Waals surface area (Å²) in [6.07, 6.45) is 7.65. The van der Waals surface area contributed by atoms with E-state index in [1.807, 2.05) is 19.9 Å². The van der Waals surface area contributed by atoms with E-state index in [1.165, 1.54) is 48.1 Å². The quantitative estimate of drug-likeness (QED) is 0.274. The van der Waals surface area contributed by atoms with Crippen molar-refractivity contribution in [2.45, 2.75) is 85.1 Å². The highest BCUT2D eigenvalue weighted by Crippen LogP contribution is 2.43. The van der Waals surface area contributed by atoms with Gasteiger partial charge in [-0.2, -0.15) is 0 Å². The second kappa shape index (κ2) is 15.2. The summed E-state index contributed by atoms with van der Waals surface area (Å²) >= 11 is 0. The molecular formula is C36H47FN2O3. The van der Waals surface area contributed by atoms with Crippen LogP contribution in [-0.2, 0) is 17.6 Å².